The zero-order valence-electron chi connectivity index (χ0n) is 11.5. The number of carbonyl (C=O) groups excluding carboxylic acids is 1. The molecule has 5 heteroatoms. The summed E-state index contributed by atoms with van der Waals surface area (Å²) in [4.78, 5) is 19.4. The number of aromatic nitrogens is 2. The molecule has 0 radical (unpaired) electrons. The van der Waals surface area contributed by atoms with Crippen molar-refractivity contribution in [2.24, 2.45) is 0 Å². The average Bonchev–Trinajstić information content (AvgIpc) is 2.78. The minimum atomic E-state index is 0.0518. The highest BCUT2D eigenvalue weighted by Crippen LogP contribution is 2.20. The van der Waals surface area contributed by atoms with E-state index in [1.54, 1.807) is 0 Å². The summed E-state index contributed by atoms with van der Waals surface area (Å²) in [7, 11) is 0. The molecule has 2 aromatic rings. The SMILES string of the molecule is CC[C@H](C)NC(=O)CSc1nc2ccc(C)cc2[nH]1. The average molecular weight is 277 g/mol. The summed E-state index contributed by atoms with van der Waals surface area (Å²) in [6.45, 7) is 6.11. The minimum absolute atomic E-state index is 0.0518. The number of fused-ring (bicyclic) bond motifs is 1. The summed E-state index contributed by atoms with van der Waals surface area (Å²) in [5.74, 6) is 0.444. The van der Waals surface area contributed by atoms with E-state index < -0.39 is 0 Å². The van der Waals surface area contributed by atoms with Crippen LogP contribution in [0.15, 0.2) is 23.4 Å². The van der Waals surface area contributed by atoms with E-state index in [-0.39, 0.29) is 11.9 Å². The quantitative estimate of drug-likeness (QED) is 0.826. The third-order valence-corrected chi connectivity index (χ3v) is 3.85. The predicted octanol–water partition coefficient (Wildman–Crippen LogP) is 2.88. The van der Waals surface area contributed by atoms with Gasteiger partial charge in [0.05, 0.1) is 16.8 Å². The Bertz CT molecular complexity index is 579. The molecule has 0 spiro atoms. The Morgan fingerprint density at radius 2 is 2.32 bits per heavy atom. The molecule has 4 nitrogen and oxygen atoms in total. The first-order chi connectivity index (χ1) is 9.08. The maximum absolute atomic E-state index is 11.7. The molecular weight excluding hydrogens is 258 g/mol. The van der Waals surface area contributed by atoms with Crippen molar-refractivity contribution in [2.45, 2.75) is 38.4 Å². The van der Waals surface area contributed by atoms with Gasteiger partial charge in [-0.3, -0.25) is 4.79 Å². The Morgan fingerprint density at radius 3 is 3.05 bits per heavy atom. The molecule has 19 heavy (non-hydrogen) atoms. The van der Waals surface area contributed by atoms with Crippen molar-refractivity contribution in [3.63, 3.8) is 0 Å². The largest absolute Gasteiger partial charge is 0.353 e. The van der Waals surface area contributed by atoms with Gasteiger partial charge in [-0.2, -0.15) is 0 Å². The van der Waals surface area contributed by atoms with Crippen molar-refractivity contribution in [2.75, 3.05) is 5.75 Å². The van der Waals surface area contributed by atoms with Crippen molar-refractivity contribution in [1.29, 1.82) is 0 Å². The van der Waals surface area contributed by atoms with Crippen LogP contribution in [0.1, 0.15) is 25.8 Å². The highest BCUT2D eigenvalue weighted by molar-refractivity contribution is 7.99. The van der Waals surface area contributed by atoms with Crippen LogP contribution in [0.2, 0.25) is 0 Å². The maximum atomic E-state index is 11.7. The number of aryl methyl sites for hydroxylation is 1. The van der Waals surface area contributed by atoms with Gasteiger partial charge >= 0.3 is 0 Å². The van der Waals surface area contributed by atoms with Crippen molar-refractivity contribution in [1.82, 2.24) is 15.3 Å². The van der Waals surface area contributed by atoms with Crippen LogP contribution in [0.5, 0.6) is 0 Å². The lowest BCUT2D eigenvalue weighted by atomic mass is 10.2. The number of amides is 1. The van der Waals surface area contributed by atoms with E-state index in [1.165, 1.54) is 17.3 Å². The summed E-state index contributed by atoms with van der Waals surface area (Å²) in [6.07, 6.45) is 0.945. The van der Waals surface area contributed by atoms with E-state index in [2.05, 4.69) is 28.3 Å². The van der Waals surface area contributed by atoms with E-state index in [1.807, 2.05) is 26.0 Å². The first kappa shape index (κ1) is 13.9. The highest BCUT2D eigenvalue weighted by atomic mass is 32.2. The predicted molar refractivity (Wildman–Crippen MR) is 79.5 cm³/mol. The van der Waals surface area contributed by atoms with Crippen LogP contribution in [-0.4, -0.2) is 27.7 Å². The van der Waals surface area contributed by atoms with Crippen LogP contribution >= 0.6 is 11.8 Å². The minimum Gasteiger partial charge on any atom is -0.353 e. The van der Waals surface area contributed by atoms with E-state index in [0.29, 0.717) is 5.75 Å². The smallest absolute Gasteiger partial charge is 0.230 e. The molecule has 0 saturated carbocycles. The third-order valence-electron chi connectivity index (χ3n) is 2.98. The van der Waals surface area contributed by atoms with Crippen LogP contribution in [0, 0.1) is 6.92 Å². The topological polar surface area (TPSA) is 57.8 Å². The second-order valence-electron chi connectivity index (χ2n) is 4.73. The second-order valence-corrected chi connectivity index (χ2v) is 5.69. The Kier molecular flexibility index (Phi) is 4.47. The summed E-state index contributed by atoms with van der Waals surface area (Å²) < 4.78 is 0. The van der Waals surface area contributed by atoms with Gasteiger partial charge in [0.15, 0.2) is 5.16 Å². The molecule has 0 aliphatic heterocycles. The lowest BCUT2D eigenvalue weighted by Gasteiger charge is -2.10. The summed E-state index contributed by atoms with van der Waals surface area (Å²) in [5, 5.41) is 3.73. The number of rotatable bonds is 5. The second kappa shape index (κ2) is 6.10. The van der Waals surface area contributed by atoms with Gasteiger partial charge in [0, 0.05) is 6.04 Å². The molecule has 1 atom stereocenters. The maximum Gasteiger partial charge on any atom is 0.230 e. The zero-order chi connectivity index (χ0) is 13.8. The number of nitrogens with zero attached hydrogens (tertiary/aromatic N) is 1. The molecule has 2 N–H and O–H groups in total. The molecule has 0 fully saturated rings. The van der Waals surface area contributed by atoms with Crippen molar-refractivity contribution < 1.29 is 4.79 Å². The van der Waals surface area contributed by atoms with Crippen LogP contribution in [0.4, 0.5) is 0 Å². The standard InChI is InChI=1S/C14H19N3OS/c1-4-10(3)15-13(18)8-19-14-16-11-6-5-9(2)7-12(11)17-14/h5-7,10H,4,8H2,1-3H3,(H,15,18)(H,16,17)/t10-/m0/s1. The number of thioether (sulfide) groups is 1. The van der Waals surface area contributed by atoms with Gasteiger partial charge in [-0.05, 0) is 38.0 Å². The van der Waals surface area contributed by atoms with E-state index in [9.17, 15) is 4.79 Å². The molecule has 1 amide bonds. The Balaban J connectivity index is 1.96. The number of imidazole rings is 1. The third kappa shape index (κ3) is 3.73. The summed E-state index contributed by atoms with van der Waals surface area (Å²) >= 11 is 1.43. The Hall–Kier alpha value is -1.49. The fourth-order valence-electron chi connectivity index (χ4n) is 1.72. The summed E-state index contributed by atoms with van der Waals surface area (Å²) in [6, 6.07) is 6.31. The van der Waals surface area contributed by atoms with E-state index in [4.69, 9.17) is 0 Å². The first-order valence-electron chi connectivity index (χ1n) is 6.47. The van der Waals surface area contributed by atoms with Crippen LogP contribution in [0.25, 0.3) is 11.0 Å². The molecule has 0 aliphatic carbocycles. The lowest BCUT2D eigenvalue weighted by molar-refractivity contribution is -0.119. The van der Waals surface area contributed by atoms with Crippen molar-refractivity contribution in [3.8, 4) is 0 Å². The van der Waals surface area contributed by atoms with Crippen LogP contribution in [0.3, 0.4) is 0 Å². The molecular formula is C14H19N3OS. The van der Waals surface area contributed by atoms with Gasteiger partial charge in [0.2, 0.25) is 5.91 Å². The molecule has 1 aromatic heterocycles. The van der Waals surface area contributed by atoms with Gasteiger partial charge in [-0.1, -0.05) is 24.8 Å². The van der Waals surface area contributed by atoms with E-state index in [0.717, 1.165) is 22.6 Å². The number of H-pyrrole nitrogens is 1. The molecule has 1 aromatic carbocycles. The number of nitrogens with one attached hydrogen (secondary N) is 2. The number of aromatic amines is 1. The molecule has 0 saturated heterocycles. The molecule has 2 rings (SSSR count). The lowest BCUT2D eigenvalue weighted by Crippen LogP contribution is -2.33. The van der Waals surface area contributed by atoms with Gasteiger partial charge < -0.3 is 10.3 Å². The number of hydrogen-bond donors (Lipinski definition) is 2. The fraction of sp³-hybridized carbons (Fsp3) is 0.429. The fourth-order valence-corrected chi connectivity index (χ4v) is 2.42. The molecule has 1 heterocycles. The number of carbonyl (C=O) groups is 1. The summed E-state index contributed by atoms with van der Waals surface area (Å²) in [5.41, 5.74) is 3.16. The monoisotopic (exact) mass is 277 g/mol. The molecule has 102 valence electrons. The first-order valence-corrected chi connectivity index (χ1v) is 7.45. The van der Waals surface area contributed by atoms with E-state index >= 15 is 0 Å². The Morgan fingerprint density at radius 1 is 1.53 bits per heavy atom. The van der Waals surface area contributed by atoms with Crippen molar-refractivity contribution in [3.05, 3.63) is 23.8 Å². The zero-order valence-corrected chi connectivity index (χ0v) is 12.3. The van der Waals surface area contributed by atoms with Crippen LogP contribution in [-0.2, 0) is 4.79 Å². The normalized spacial score (nSPS) is 12.6. The molecule has 0 bridgehead atoms. The van der Waals surface area contributed by atoms with Crippen LogP contribution < -0.4 is 5.32 Å². The Labute approximate surface area is 117 Å². The van der Waals surface area contributed by atoms with Gasteiger partial charge in [0.1, 0.15) is 0 Å². The van der Waals surface area contributed by atoms with Crippen molar-refractivity contribution >= 4 is 28.7 Å². The molecule has 0 aliphatic rings. The van der Waals surface area contributed by atoms with Gasteiger partial charge in [0.25, 0.3) is 0 Å². The molecule has 0 unspecified atom stereocenters. The number of benzene rings is 1. The number of hydrogen-bond acceptors (Lipinski definition) is 3. The highest BCUT2D eigenvalue weighted by Gasteiger charge is 2.08. The van der Waals surface area contributed by atoms with Gasteiger partial charge in [-0.15, -0.1) is 0 Å². The van der Waals surface area contributed by atoms with Gasteiger partial charge in [-0.25, -0.2) is 4.98 Å².